The monoisotopic (exact) mass is 463 g/mol. The summed E-state index contributed by atoms with van der Waals surface area (Å²) in [5, 5.41) is 10.5. The average Bonchev–Trinajstić information content (AvgIpc) is 3.13. The fourth-order valence-electron chi connectivity index (χ4n) is 3.34. The SMILES string of the molecule is CCOc1ccc([C@@H]2Nn3c(C)nnc3S[C@@H]2C(=O)Nc2cccc(C(F)(F)F)c2)cc1. The second kappa shape index (κ2) is 8.73. The van der Waals surface area contributed by atoms with Gasteiger partial charge in [0, 0.05) is 5.69 Å². The van der Waals surface area contributed by atoms with Gasteiger partial charge >= 0.3 is 6.18 Å². The van der Waals surface area contributed by atoms with Gasteiger partial charge in [-0.2, -0.15) is 13.2 Å². The van der Waals surface area contributed by atoms with Gasteiger partial charge in [0.2, 0.25) is 11.1 Å². The number of thioether (sulfide) groups is 1. The summed E-state index contributed by atoms with van der Waals surface area (Å²) in [5.74, 6) is 0.874. The van der Waals surface area contributed by atoms with Crippen LogP contribution in [-0.2, 0) is 11.0 Å². The van der Waals surface area contributed by atoms with Crippen molar-refractivity contribution in [1.29, 1.82) is 0 Å². The van der Waals surface area contributed by atoms with Crippen LogP contribution in [0, 0.1) is 6.92 Å². The lowest BCUT2D eigenvalue weighted by atomic mass is 10.0. The smallest absolute Gasteiger partial charge is 0.416 e. The Hall–Kier alpha value is -3.21. The van der Waals surface area contributed by atoms with Crippen molar-refractivity contribution in [2.45, 2.75) is 36.5 Å². The van der Waals surface area contributed by atoms with Crippen LogP contribution < -0.4 is 15.5 Å². The highest BCUT2D eigenvalue weighted by atomic mass is 32.2. The fourth-order valence-corrected chi connectivity index (χ4v) is 4.46. The summed E-state index contributed by atoms with van der Waals surface area (Å²) in [4.78, 5) is 13.2. The van der Waals surface area contributed by atoms with Crippen LogP contribution in [0.1, 0.15) is 29.9 Å². The number of aryl methyl sites for hydroxylation is 1. The number of carbonyl (C=O) groups is 1. The summed E-state index contributed by atoms with van der Waals surface area (Å²) in [7, 11) is 0. The van der Waals surface area contributed by atoms with Crippen LogP contribution in [-0.4, -0.2) is 32.6 Å². The lowest BCUT2D eigenvalue weighted by Gasteiger charge is -2.32. The molecule has 0 spiro atoms. The Morgan fingerprint density at radius 1 is 1.22 bits per heavy atom. The van der Waals surface area contributed by atoms with E-state index in [4.69, 9.17) is 4.74 Å². The fraction of sp³-hybridized carbons (Fsp3) is 0.286. The van der Waals surface area contributed by atoms with Crippen molar-refractivity contribution in [3.8, 4) is 5.75 Å². The van der Waals surface area contributed by atoms with Gasteiger partial charge in [0.15, 0.2) is 0 Å². The Labute approximate surface area is 186 Å². The highest BCUT2D eigenvalue weighted by molar-refractivity contribution is 8.00. The number of halogens is 3. The largest absolute Gasteiger partial charge is 0.494 e. The molecular weight excluding hydrogens is 443 g/mol. The molecule has 1 amide bonds. The molecule has 0 fully saturated rings. The molecule has 0 radical (unpaired) electrons. The lowest BCUT2D eigenvalue weighted by Crippen LogP contribution is -2.41. The molecule has 1 aliphatic rings. The van der Waals surface area contributed by atoms with Gasteiger partial charge < -0.3 is 15.5 Å². The number of ether oxygens (including phenoxy) is 1. The quantitative estimate of drug-likeness (QED) is 0.584. The first-order valence-electron chi connectivity index (χ1n) is 9.82. The van der Waals surface area contributed by atoms with Gasteiger partial charge in [-0.25, -0.2) is 4.68 Å². The third-order valence-electron chi connectivity index (χ3n) is 4.86. The molecule has 7 nitrogen and oxygen atoms in total. The van der Waals surface area contributed by atoms with Gasteiger partial charge in [0.25, 0.3) is 0 Å². The predicted molar refractivity (Wildman–Crippen MR) is 114 cm³/mol. The Balaban J connectivity index is 1.62. The highest BCUT2D eigenvalue weighted by Gasteiger charge is 2.38. The highest BCUT2D eigenvalue weighted by Crippen LogP contribution is 2.38. The number of rotatable bonds is 5. The van der Waals surface area contributed by atoms with Gasteiger partial charge in [-0.05, 0) is 49.7 Å². The van der Waals surface area contributed by atoms with E-state index >= 15 is 0 Å². The summed E-state index contributed by atoms with van der Waals surface area (Å²) < 4.78 is 46.3. The maximum atomic E-state index is 13.2. The van der Waals surface area contributed by atoms with Crippen molar-refractivity contribution in [2.75, 3.05) is 17.3 Å². The number of anilines is 1. The molecule has 2 heterocycles. The van der Waals surface area contributed by atoms with E-state index in [0.717, 1.165) is 17.7 Å². The molecule has 3 aromatic rings. The van der Waals surface area contributed by atoms with Crippen molar-refractivity contribution >= 4 is 23.4 Å². The van der Waals surface area contributed by atoms with Gasteiger partial charge in [-0.15, -0.1) is 10.2 Å². The number of fused-ring (bicyclic) bond motifs is 1. The maximum Gasteiger partial charge on any atom is 0.416 e. The number of nitrogens with zero attached hydrogens (tertiary/aromatic N) is 3. The zero-order chi connectivity index (χ0) is 22.9. The Bertz CT molecular complexity index is 1120. The van der Waals surface area contributed by atoms with Crippen LogP contribution in [0.4, 0.5) is 18.9 Å². The van der Waals surface area contributed by atoms with Crippen molar-refractivity contribution in [3.63, 3.8) is 0 Å². The normalized spacial score (nSPS) is 17.9. The van der Waals surface area contributed by atoms with Crippen molar-refractivity contribution in [3.05, 3.63) is 65.5 Å². The van der Waals surface area contributed by atoms with Crippen LogP contribution in [0.15, 0.2) is 53.7 Å². The molecule has 168 valence electrons. The van der Waals surface area contributed by atoms with E-state index < -0.39 is 28.9 Å². The number of amides is 1. The van der Waals surface area contributed by atoms with Crippen LogP contribution in [0.3, 0.4) is 0 Å². The standard InChI is InChI=1S/C21H20F3N5O2S/c1-3-31-16-9-7-13(8-10-16)17-18(32-20-27-26-12(2)29(20)28-17)19(30)25-15-6-4-5-14(11-15)21(22,23)24/h4-11,17-18,28H,3H2,1-2H3,(H,25,30)/t17-,18-/m0/s1. The van der Waals surface area contributed by atoms with Gasteiger partial charge in [0.05, 0.1) is 18.2 Å². The van der Waals surface area contributed by atoms with Crippen LogP contribution in [0.2, 0.25) is 0 Å². The minimum Gasteiger partial charge on any atom is -0.494 e. The predicted octanol–water partition coefficient (Wildman–Crippen LogP) is 4.40. The van der Waals surface area contributed by atoms with E-state index in [1.54, 1.807) is 11.6 Å². The molecule has 0 aliphatic carbocycles. The van der Waals surface area contributed by atoms with Gasteiger partial charge in [0.1, 0.15) is 16.8 Å². The molecule has 2 atom stereocenters. The zero-order valence-corrected chi connectivity index (χ0v) is 18.0. The first kappa shape index (κ1) is 22.0. The van der Waals surface area contributed by atoms with Gasteiger partial charge in [-0.3, -0.25) is 4.79 Å². The Kier molecular flexibility index (Phi) is 6.00. The molecule has 2 N–H and O–H groups in total. The van der Waals surface area contributed by atoms with Crippen molar-refractivity contribution in [1.82, 2.24) is 14.9 Å². The molecule has 2 aromatic carbocycles. The first-order chi connectivity index (χ1) is 15.3. The molecule has 0 saturated heterocycles. The maximum absolute atomic E-state index is 13.2. The third-order valence-corrected chi connectivity index (χ3v) is 6.08. The summed E-state index contributed by atoms with van der Waals surface area (Å²) in [6.07, 6.45) is -4.50. The second-order valence-corrected chi connectivity index (χ2v) is 8.19. The number of nitrogens with one attached hydrogen (secondary N) is 2. The number of benzene rings is 2. The van der Waals surface area contributed by atoms with Crippen LogP contribution in [0.25, 0.3) is 0 Å². The lowest BCUT2D eigenvalue weighted by molar-refractivity contribution is -0.137. The number of aromatic nitrogens is 3. The van der Waals surface area contributed by atoms with E-state index in [2.05, 4.69) is 20.9 Å². The molecular formula is C21H20F3N5O2S. The van der Waals surface area contributed by atoms with Gasteiger partial charge in [-0.1, -0.05) is 30.0 Å². The van der Waals surface area contributed by atoms with E-state index in [-0.39, 0.29) is 5.69 Å². The van der Waals surface area contributed by atoms with E-state index in [0.29, 0.717) is 23.3 Å². The molecule has 32 heavy (non-hydrogen) atoms. The average molecular weight is 463 g/mol. The number of hydrogen-bond donors (Lipinski definition) is 2. The summed E-state index contributed by atoms with van der Waals surface area (Å²) >= 11 is 1.19. The minimum atomic E-state index is -4.50. The summed E-state index contributed by atoms with van der Waals surface area (Å²) in [6.45, 7) is 4.20. The van der Waals surface area contributed by atoms with Crippen molar-refractivity contribution in [2.24, 2.45) is 0 Å². The Morgan fingerprint density at radius 3 is 2.66 bits per heavy atom. The van der Waals surface area contributed by atoms with E-state index in [1.165, 1.54) is 23.9 Å². The number of hydrogen-bond acceptors (Lipinski definition) is 6. The van der Waals surface area contributed by atoms with Crippen molar-refractivity contribution < 1.29 is 22.7 Å². The third kappa shape index (κ3) is 4.52. The van der Waals surface area contributed by atoms with Crippen LogP contribution in [0.5, 0.6) is 5.75 Å². The van der Waals surface area contributed by atoms with Crippen LogP contribution >= 0.6 is 11.8 Å². The molecule has 1 aromatic heterocycles. The summed E-state index contributed by atoms with van der Waals surface area (Å²) in [5.41, 5.74) is 3.30. The molecule has 1 aliphatic heterocycles. The molecule has 4 rings (SSSR count). The first-order valence-corrected chi connectivity index (χ1v) is 10.7. The van der Waals surface area contributed by atoms with E-state index in [9.17, 15) is 18.0 Å². The Morgan fingerprint density at radius 2 is 1.97 bits per heavy atom. The zero-order valence-electron chi connectivity index (χ0n) is 17.2. The minimum absolute atomic E-state index is 0.0686. The molecule has 0 bridgehead atoms. The number of alkyl halides is 3. The topological polar surface area (TPSA) is 81.1 Å². The molecule has 11 heteroatoms. The number of carbonyl (C=O) groups excluding carboxylic acids is 1. The molecule has 0 unspecified atom stereocenters. The molecule has 0 saturated carbocycles. The van der Waals surface area contributed by atoms with E-state index in [1.807, 2.05) is 31.2 Å². The summed E-state index contributed by atoms with van der Waals surface area (Å²) in [6, 6.07) is 11.4. The second-order valence-electron chi connectivity index (χ2n) is 7.08.